The summed E-state index contributed by atoms with van der Waals surface area (Å²) in [7, 11) is 0. The molecule has 0 aromatic carbocycles. The average Bonchev–Trinajstić information content (AvgIpc) is 2.61. The van der Waals surface area contributed by atoms with Gasteiger partial charge in [-0.1, -0.05) is 34.6 Å². The fraction of sp³-hybridized carbons (Fsp3) is 1.00. The molecule has 1 saturated heterocycles. The molecule has 3 heteroatoms. The Bertz CT molecular complexity index is 248. The first-order valence-electron chi connectivity index (χ1n) is 7.88. The first-order valence-corrected chi connectivity index (χ1v) is 9.10. The second-order valence-electron chi connectivity index (χ2n) is 7.06. The number of hydrogen-bond donors (Lipinski definition) is 1. The molecule has 0 amide bonds. The molecule has 0 spiro atoms. The summed E-state index contributed by atoms with van der Waals surface area (Å²) in [6.45, 7) is 16.6. The molecule has 19 heavy (non-hydrogen) atoms. The molecule has 2 nitrogen and oxygen atoms in total. The number of hydrogen-bond acceptors (Lipinski definition) is 3. The summed E-state index contributed by atoms with van der Waals surface area (Å²) < 4.78 is 0.451. The highest BCUT2D eigenvalue weighted by molar-refractivity contribution is 8.00. The zero-order valence-electron chi connectivity index (χ0n) is 13.9. The summed E-state index contributed by atoms with van der Waals surface area (Å²) in [5.41, 5.74) is 0.350. The van der Waals surface area contributed by atoms with Crippen LogP contribution in [0.15, 0.2) is 0 Å². The van der Waals surface area contributed by atoms with Crippen LogP contribution in [0.5, 0.6) is 0 Å². The molecule has 1 atom stereocenters. The summed E-state index contributed by atoms with van der Waals surface area (Å²) in [6, 6.07) is 0.614. The summed E-state index contributed by atoms with van der Waals surface area (Å²) >= 11 is 2.06. The second-order valence-corrected chi connectivity index (χ2v) is 8.33. The lowest BCUT2D eigenvalue weighted by molar-refractivity contribution is 0.182. The van der Waals surface area contributed by atoms with Gasteiger partial charge in [-0.05, 0) is 44.0 Å². The minimum Gasteiger partial charge on any atom is -0.312 e. The van der Waals surface area contributed by atoms with E-state index in [0.29, 0.717) is 16.2 Å². The zero-order valence-corrected chi connectivity index (χ0v) is 14.7. The zero-order chi connectivity index (χ0) is 14.5. The third-order valence-electron chi connectivity index (χ3n) is 4.76. The van der Waals surface area contributed by atoms with Crippen molar-refractivity contribution in [2.75, 3.05) is 32.4 Å². The van der Waals surface area contributed by atoms with Gasteiger partial charge >= 0.3 is 0 Å². The largest absolute Gasteiger partial charge is 0.312 e. The van der Waals surface area contributed by atoms with Crippen molar-refractivity contribution >= 4 is 11.8 Å². The van der Waals surface area contributed by atoms with Crippen LogP contribution < -0.4 is 5.32 Å². The molecule has 1 N–H and O–H groups in total. The van der Waals surface area contributed by atoms with Crippen LogP contribution in [0.3, 0.4) is 0 Å². The van der Waals surface area contributed by atoms with E-state index in [1.54, 1.807) is 0 Å². The van der Waals surface area contributed by atoms with Crippen LogP contribution in [-0.4, -0.2) is 48.1 Å². The SMILES string of the molecule is CCC(CC)(CN1CCCNC(C(C)(C)C)C1)SC. The molecule has 1 unspecified atom stereocenters. The maximum atomic E-state index is 3.74. The van der Waals surface area contributed by atoms with Crippen molar-refractivity contribution in [2.45, 2.75) is 64.7 Å². The van der Waals surface area contributed by atoms with Gasteiger partial charge in [-0.25, -0.2) is 0 Å². The molecule has 1 aliphatic rings. The molecule has 1 rings (SSSR count). The molecule has 0 saturated carbocycles. The van der Waals surface area contributed by atoms with Crippen LogP contribution in [-0.2, 0) is 0 Å². The Hall–Kier alpha value is 0.270. The third kappa shape index (κ3) is 4.95. The van der Waals surface area contributed by atoms with E-state index in [1.807, 2.05) is 0 Å². The van der Waals surface area contributed by atoms with E-state index in [2.05, 4.69) is 62.9 Å². The minimum atomic E-state index is 0.350. The molecule has 0 aliphatic carbocycles. The topological polar surface area (TPSA) is 15.3 Å². The van der Waals surface area contributed by atoms with E-state index in [-0.39, 0.29) is 0 Å². The Morgan fingerprint density at radius 1 is 1.21 bits per heavy atom. The molecular weight excluding hydrogens is 252 g/mol. The van der Waals surface area contributed by atoms with Crippen molar-refractivity contribution in [1.29, 1.82) is 0 Å². The molecular formula is C16H34N2S. The van der Waals surface area contributed by atoms with Crippen LogP contribution in [0.1, 0.15) is 53.9 Å². The fourth-order valence-corrected chi connectivity index (χ4v) is 3.84. The van der Waals surface area contributed by atoms with Gasteiger partial charge in [-0.15, -0.1) is 0 Å². The molecule has 114 valence electrons. The van der Waals surface area contributed by atoms with Crippen molar-refractivity contribution in [3.8, 4) is 0 Å². The minimum absolute atomic E-state index is 0.350. The molecule has 0 bridgehead atoms. The Morgan fingerprint density at radius 2 is 1.84 bits per heavy atom. The molecule has 1 fully saturated rings. The number of nitrogens with zero attached hydrogens (tertiary/aromatic N) is 1. The molecule has 0 aromatic heterocycles. The van der Waals surface area contributed by atoms with Gasteiger partial charge in [0.1, 0.15) is 0 Å². The smallest absolute Gasteiger partial charge is 0.0279 e. The van der Waals surface area contributed by atoms with Gasteiger partial charge in [0.2, 0.25) is 0 Å². The number of nitrogens with one attached hydrogen (secondary N) is 1. The van der Waals surface area contributed by atoms with Crippen LogP contribution in [0.2, 0.25) is 0 Å². The van der Waals surface area contributed by atoms with Gasteiger partial charge in [-0.3, -0.25) is 0 Å². The van der Waals surface area contributed by atoms with Crippen molar-refractivity contribution in [3.63, 3.8) is 0 Å². The summed E-state index contributed by atoms with van der Waals surface area (Å²) in [5.74, 6) is 0. The maximum absolute atomic E-state index is 3.74. The summed E-state index contributed by atoms with van der Waals surface area (Å²) in [5, 5.41) is 3.74. The van der Waals surface area contributed by atoms with Crippen molar-refractivity contribution in [3.05, 3.63) is 0 Å². The van der Waals surface area contributed by atoms with Crippen molar-refractivity contribution in [2.24, 2.45) is 5.41 Å². The van der Waals surface area contributed by atoms with Crippen LogP contribution in [0.25, 0.3) is 0 Å². The van der Waals surface area contributed by atoms with E-state index < -0.39 is 0 Å². The molecule has 0 aromatic rings. The van der Waals surface area contributed by atoms with Gasteiger partial charge in [0.05, 0.1) is 0 Å². The van der Waals surface area contributed by atoms with Crippen LogP contribution in [0, 0.1) is 5.41 Å². The predicted molar refractivity (Wildman–Crippen MR) is 89.1 cm³/mol. The van der Waals surface area contributed by atoms with Gasteiger partial charge in [-0.2, -0.15) is 11.8 Å². The Morgan fingerprint density at radius 3 is 2.32 bits per heavy atom. The predicted octanol–water partition coefficient (Wildman–Crippen LogP) is 3.62. The fourth-order valence-electron chi connectivity index (χ4n) is 2.95. The monoisotopic (exact) mass is 286 g/mol. The molecule has 1 heterocycles. The third-order valence-corrected chi connectivity index (χ3v) is 6.33. The van der Waals surface area contributed by atoms with Gasteiger partial charge < -0.3 is 10.2 Å². The molecule has 0 radical (unpaired) electrons. The lowest BCUT2D eigenvalue weighted by atomic mass is 9.86. The summed E-state index contributed by atoms with van der Waals surface area (Å²) in [6.07, 6.45) is 6.11. The molecule has 1 aliphatic heterocycles. The second kappa shape index (κ2) is 7.33. The number of rotatable bonds is 5. The van der Waals surface area contributed by atoms with Crippen LogP contribution >= 0.6 is 11.8 Å². The normalized spacial score (nSPS) is 23.4. The quantitative estimate of drug-likeness (QED) is 0.831. The van der Waals surface area contributed by atoms with Gasteiger partial charge in [0.15, 0.2) is 0 Å². The van der Waals surface area contributed by atoms with Crippen LogP contribution in [0.4, 0.5) is 0 Å². The van der Waals surface area contributed by atoms with E-state index in [9.17, 15) is 0 Å². The van der Waals surface area contributed by atoms with E-state index in [1.165, 1.54) is 45.4 Å². The standard InChI is InChI=1S/C16H34N2S/c1-7-16(8-2,19-6)13-18-11-9-10-17-14(12-18)15(3,4)5/h14,17H,7-13H2,1-6H3. The van der Waals surface area contributed by atoms with Crippen molar-refractivity contribution in [1.82, 2.24) is 10.2 Å². The van der Waals surface area contributed by atoms with Gasteiger partial charge in [0, 0.05) is 23.9 Å². The van der Waals surface area contributed by atoms with E-state index in [0.717, 1.165) is 0 Å². The average molecular weight is 287 g/mol. The lowest BCUT2D eigenvalue weighted by Crippen LogP contribution is -2.49. The highest BCUT2D eigenvalue weighted by Crippen LogP contribution is 2.32. The lowest BCUT2D eigenvalue weighted by Gasteiger charge is -2.39. The Balaban J connectivity index is 2.70. The Labute approximate surface area is 125 Å². The van der Waals surface area contributed by atoms with Crippen molar-refractivity contribution < 1.29 is 0 Å². The highest BCUT2D eigenvalue weighted by Gasteiger charge is 2.32. The summed E-state index contributed by atoms with van der Waals surface area (Å²) in [4.78, 5) is 2.71. The van der Waals surface area contributed by atoms with E-state index >= 15 is 0 Å². The Kier molecular flexibility index (Phi) is 6.68. The number of thioether (sulfide) groups is 1. The highest BCUT2D eigenvalue weighted by atomic mass is 32.2. The first kappa shape index (κ1) is 17.3. The van der Waals surface area contributed by atoms with Gasteiger partial charge in [0.25, 0.3) is 0 Å². The maximum Gasteiger partial charge on any atom is 0.0279 e. The first-order chi connectivity index (χ1) is 8.87. The van der Waals surface area contributed by atoms with E-state index in [4.69, 9.17) is 0 Å².